The molecule has 1 aromatic heterocycles. The lowest BCUT2D eigenvalue weighted by atomic mass is 10.2. The zero-order valence-electron chi connectivity index (χ0n) is 9.40. The third kappa shape index (κ3) is 5.17. The van der Waals surface area contributed by atoms with Gasteiger partial charge in [-0.1, -0.05) is 0 Å². The van der Waals surface area contributed by atoms with Crippen LogP contribution >= 0.6 is 12.4 Å². The molecular formula is C10H15ClN4O2. The summed E-state index contributed by atoms with van der Waals surface area (Å²) in [5, 5.41) is 5.19. The van der Waals surface area contributed by atoms with Gasteiger partial charge in [-0.05, 0) is 6.07 Å². The maximum Gasteiger partial charge on any atom is 0.255 e. The zero-order chi connectivity index (χ0) is 12.0. The Kier molecular flexibility index (Phi) is 6.65. The summed E-state index contributed by atoms with van der Waals surface area (Å²) >= 11 is 0. The summed E-state index contributed by atoms with van der Waals surface area (Å²) < 4.78 is 0. The van der Waals surface area contributed by atoms with Crippen molar-refractivity contribution in [2.45, 2.75) is 6.92 Å². The fraction of sp³-hybridized carbons (Fsp3) is 0.300. The first-order valence-electron chi connectivity index (χ1n) is 4.83. The van der Waals surface area contributed by atoms with Crippen LogP contribution in [0.15, 0.2) is 18.5 Å². The molecule has 17 heavy (non-hydrogen) atoms. The Hall–Kier alpha value is -1.82. The normalized spacial score (nSPS) is 9.00. The molecular weight excluding hydrogens is 244 g/mol. The lowest BCUT2D eigenvalue weighted by molar-refractivity contribution is -0.118. The number of nitrogen functional groups attached to an aromatic ring is 1. The van der Waals surface area contributed by atoms with E-state index >= 15 is 0 Å². The van der Waals surface area contributed by atoms with Crippen molar-refractivity contribution in [2.75, 3.05) is 18.8 Å². The number of hydrogen-bond donors (Lipinski definition) is 3. The highest BCUT2D eigenvalue weighted by atomic mass is 35.5. The van der Waals surface area contributed by atoms with Gasteiger partial charge in [0.25, 0.3) is 5.91 Å². The standard InChI is InChI=1S/C10H14N4O2.ClH/c1-7(15)13-4-5-14-10(16)8-6-12-3-2-9(8)11;/h2-3,6H,4-5H2,1H3,(H2,11,12)(H,13,15)(H,14,16);1H. The third-order valence-electron chi connectivity index (χ3n) is 1.88. The molecule has 0 unspecified atom stereocenters. The van der Waals surface area contributed by atoms with Crippen LogP contribution in [0.3, 0.4) is 0 Å². The van der Waals surface area contributed by atoms with E-state index in [-0.39, 0.29) is 24.2 Å². The van der Waals surface area contributed by atoms with Crippen LogP contribution in [0.4, 0.5) is 5.69 Å². The lowest BCUT2D eigenvalue weighted by Crippen LogP contribution is -2.33. The van der Waals surface area contributed by atoms with Crippen LogP contribution in [0, 0.1) is 0 Å². The number of anilines is 1. The van der Waals surface area contributed by atoms with Gasteiger partial charge in [0.05, 0.1) is 5.56 Å². The van der Waals surface area contributed by atoms with Crippen LogP contribution in [0.1, 0.15) is 17.3 Å². The Bertz CT molecular complexity index is 398. The van der Waals surface area contributed by atoms with Crippen LogP contribution in [-0.2, 0) is 4.79 Å². The molecule has 6 nitrogen and oxygen atoms in total. The van der Waals surface area contributed by atoms with Crippen molar-refractivity contribution in [3.63, 3.8) is 0 Å². The lowest BCUT2D eigenvalue weighted by Gasteiger charge is -2.06. The van der Waals surface area contributed by atoms with Crippen molar-refractivity contribution in [1.82, 2.24) is 15.6 Å². The minimum Gasteiger partial charge on any atom is -0.398 e. The average molecular weight is 259 g/mol. The van der Waals surface area contributed by atoms with Crippen molar-refractivity contribution in [3.05, 3.63) is 24.0 Å². The van der Waals surface area contributed by atoms with Crippen molar-refractivity contribution in [3.8, 4) is 0 Å². The van der Waals surface area contributed by atoms with Crippen LogP contribution in [0.5, 0.6) is 0 Å². The topological polar surface area (TPSA) is 97.1 Å². The van der Waals surface area contributed by atoms with Crippen LogP contribution < -0.4 is 16.4 Å². The molecule has 7 heteroatoms. The molecule has 0 spiro atoms. The number of carbonyl (C=O) groups is 2. The number of nitrogens with one attached hydrogen (secondary N) is 2. The summed E-state index contributed by atoms with van der Waals surface area (Å²) in [5.41, 5.74) is 6.32. The van der Waals surface area contributed by atoms with E-state index in [2.05, 4.69) is 15.6 Å². The predicted octanol–water partition coefficient (Wildman–Crippen LogP) is -0.0485. The monoisotopic (exact) mass is 258 g/mol. The fourth-order valence-corrected chi connectivity index (χ4v) is 1.10. The number of rotatable bonds is 4. The molecule has 0 aliphatic rings. The van der Waals surface area contributed by atoms with Gasteiger partial charge in [0.15, 0.2) is 0 Å². The molecule has 2 amide bonds. The number of carbonyl (C=O) groups excluding carboxylic acids is 2. The number of hydrogen-bond acceptors (Lipinski definition) is 4. The van der Waals surface area contributed by atoms with Crippen molar-refractivity contribution in [2.24, 2.45) is 0 Å². The quantitative estimate of drug-likeness (QED) is 0.660. The molecule has 0 saturated carbocycles. The molecule has 1 aromatic rings. The maximum atomic E-state index is 11.6. The Balaban J connectivity index is 0.00000256. The summed E-state index contributed by atoms with van der Waals surface area (Å²) in [6, 6.07) is 1.56. The Morgan fingerprint density at radius 2 is 2.00 bits per heavy atom. The van der Waals surface area contributed by atoms with Crippen LogP contribution in [0.25, 0.3) is 0 Å². The second kappa shape index (κ2) is 7.45. The highest BCUT2D eigenvalue weighted by Crippen LogP contribution is 2.07. The summed E-state index contributed by atoms with van der Waals surface area (Å²) in [6.07, 6.45) is 2.92. The van der Waals surface area contributed by atoms with Gasteiger partial charge in [0.1, 0.15) is 0 Å². The van der Waals surface area contributed by atoms with E-state index in [0.717, 1.165) is 0 Å². The number of nitrogens with two attached hydrogens (primary N) is 1. The van der Waals surface area contributed by atoms with Gasteiger partial charge >= 0.3 is 0 Å². The van der Waals surface area contributed by atoms with Crippen molar-refractivity contribution >= 4 is 29.9 Å². The Morgan fingerprint density at radius 1 is 1.35 bits per heavy atom. The van der Waals surface area contributed by atoms with Crippen molar-refractivity contribution < 1.29 is 9.59 Å². The van der Waals surface area contributed by atoms with E-state index in [4.69, 9.17) is 5.73 Å². The minimum absolute atomic E-state index is 0. The molecule has 0 bridgehead atoms. The second-order valence-corrected chi connectivity index (χ2v) is 3.20. The third-order valence-corrected chi connectivity index (χ3v) is 1.88. The summed E-state index contributed by atoms with van der Waals surface area (Å²) in [7, 11) is 0. The Morgan fingerprint density at radius 3 is 2.59 bits per heavy atom. The number of halogens is 1. The number of aromatic nitrogens is 1. The number of pyridine rings is 1. The largest absolute Gasteiger partial charge is 0.398 e. The smallest absolute Gasteiger partial charge is 0.255 e. The van der Waals surface area contributed by atoms with E-state index < -0.39 is 0 Å². The highest BCUT2D eigenvalue weighted by Gasteiger charge is 2.08. The maximum absolute atomic E-state index is 11.6. The molecule has 0 aromatic carbocycles. The van der Waals surface area contributed by atoms with Crippen LogP contribution in [0.2, 0.25) is 0 Å². The van der Waals surface area contributed by atoms with Gasteiger partial charge in [-0.15, -0.1) is 12.4 Å². The average Bonchev–Trinajstić information content (AvgIpc) is 2.24. The number of amides is 2. The molecule has 1 rings (SSSR count). The highest BCUT2D eigenvalue weighted by molar-refractivity contribution is 5.98. The molecule has 0 saturated heterocycles. The van der Waals surface area contributed by atoms with E-state index in [1.54, 1.807) is 6.07 Å². The first-order valence-corrected chi connectivity index (χ1v) is 4.83. The van der Waals surface area contributed by atoms with Gasteiger partial charge in [-0.25, -0.2) is 0 Å². The van der Waals surface area contributed by atoms with E-state index in [1.165, 1.54) is 19.3 Å². The first kappa shape index (κ1) is 15.2. The first-order chi connectivity index (χ1) is 7.61. The van der Waals surface area contributed by atoms with E-state index in [1.807, 2.05) is 0 Å². The molecule has 0 aliphatic carbocycles. The van der Waals surface area contributed by atoms with Gasteiger partial charge in [0.2, 0.25) is 5.91 Å². The molecule has 0 atom stereocenters. The van der Waals surface area contributed by atoms with E-state index in [0.29, 0.717) is 24.3 Å². The molecule has 0 aliphatic heterocycles. The molecule has 0 radical (unpaired) electrons. The zero-order valence-corrected chi connectivity index (χ0v) is 10.2. The fourth-order valence-electron chi connectivity index (χ4n) is 1.10. The summed E-state index contributed by atoms with van der Waals surface area (Å²) in [4.78, 5) is 25.9. The molecule has 94 valence electrons. The van der Waals surface area contributed by atoms with Crippen molar-refractivity contribution in [1.29, 1.82) is 0 Å². The van der Waals surface area contributed by atoms with Gasteiger partial charge in [0, 0.05) is 38.1 Å². The summed E-state index contributed by atoms with van der Waals surface area (Å²) in [5.74, 6) is -0.425. The molecule has 0 fully saturated rings. The summed E-state index contributed by atoms with van der Waals surface area (Å²) in [6.45, 7) is 2.16. The Labute approximate surface area is 105 Å². The van der Waals surface area contributed by atoms with Gasteiger partial charge in [-0.3, -0.25) is 14.6 Å². The van der Waals surface area contributed by atoms with E-state index in [9.17, 15) is 9.59 Å². The molecule has 4 N–H and O–H groups in total. The second-order valence-electron chi connectivity index (χ2n) is 3.20. The predicted molar refractivity (Wildman–Crippen MR) is 66.9 cm³/mol. The molecule has 1 heterocycles. The minimum atomic E-state index is -0.295. The SMILES string of the molecule is CC(=O)NCCNC(=O)c1cnccc1N.Cl. The van der Waals surface area contributed by atoms with Gasteiger partial charge < -0.3 is 16.4 Å². The van der Waals surface area contributed by atoms with Gasteiger partial charge in [-0.2, -0.15) is 0 Å². The number of nitrogens with zero attached hydrogens (tertiary/aromatic N) is 1. The van der Waals surface area contributed by atoms with Crippen LogP contribution in [-0.4, -0.2) is 29.9 Å².